The van der Waals surface area contributed by atoms with Crippen LogP contribution in [0.3, 0.4) is 0 Å². The van der Waals surface area contributed by atoms with E-state index in [9.17, 15) is 15.3 Å². The average molecular weight is 378 g/mol. The van der Waals surface area contributed by atoms with Crippen LogP contribution in [0.1, 0.15) is 6.92 Å². The van der Waals surface area contributed by atoms with Gasteiger partial charge < -0.3 is 29.5 Å². The molecule has 0 saturated carbocycles. The third-order valence-corrected chi connectivity index (χ3v) is 4.87. The van der Waals surface area contributed by atoms with Crippen LogP contribution in [0, 0.1) is 5.92 Å². The molecule has 1 aromatic carbocycles. The quantitative estimate of drug-likeness (QED) is 0.507. The average Bonchev–Trinajstić information content (AvgIpc) is 2.69. The number of nitrogens with zero attached hydrogens (tertiary/aromatic N) is 1. The molecule has 0 spiro atoms. The number of benzene rings is 1. The molecule has 1 aliphatic rings. The third-order valence-electron chi connectivity index (χ3n) is 4.87. The highest BCUT2D eigenvalue weighted by molar-refractivity contribution is 5.82. The van der Waals surface area contributed by atoms with Gasteiger partial charge in [0.15, 0.2) is 0 Å². The number of aliphatic hydroxyl groups excluding tert-OH is 3. The van der Waals surface area contributed by atoms with Gasteiger partial charge in [-0.25, -0.2) is 0 Å². The molecular weight excluding hydrogens is 352 g/mol. The van der Waals surface area contributed by atoms with Crippen molar-refractivity contribution >= 4 is 10.8 Å². The Morgan fingerprint density at radius 2 is 2.04 bits per heavy atom. The predicted octanol–water partition coefficient (Wildman–Crippen LogP) is 0.251. The first-order valence-corrected chi connectivity index (χ1v) is 8.92. The van der Waals surface area contributed by atoms with E-state index in [0.29, 0.717) is 12.3 Å². The summed E-state index contributed by atoms with van der Waals surface area (Å²) < 4.78 is 16.9. The molecule has 1 aliphatic heterocycles. The van der Waals surface area contributed by atoms with Gasteiger partial charge in [-0.3, -0.25) is 10.3 Å². The summed E-state index contributed by atoms with van der Waals surface area (Å²) in [5.74, 6) is -0.00249. The normalized spacial score (nSPS) is 29.6. The Labute approximate surface area is 157 Å². The molecule has 0 bridgehead atoms. The van der Waals surface area contributed by atoms with E-state index < -0.39 is 37.1 Å². The number of aliphatic hydroxyl groups is 3. The number of ether oxygens (including phenoxy) is 3. The van der Waals surface area contributed by atoms with Crippen LogP contribution in [-0.4, -0.2) is 71.4 Å². The lowest BCUT2D eigenvalue weighted by Crippen LogP contribution is -2.59. The standard InChI is InChI=1S/C19H26N2O6/c1-11(25-2)21-9-15-17(23)18(24)16(10-22)27-19(15)26-14-4-3-13-8-20-6-5-12(13)7-14/h3-8,11,15-19,21-24H,9-10H2,1-2H3/t11?,15-,16-,17-,18+,19-/m1/s1. The maximum absolute atomic E-state index is 10.5. The molecule has 8 heteroatoms. The van der Waals surface area contributed by atoms with Gasteiger partial charge in [0.2, 0.25) is 6.29 Å². The van der Waals surface area contributed by atoms with Gasteiger partial charge in [-0.1, -0.05) is 0 Å². The van der Waals surface area contributed by atoms with Crippen molar-refractivity contribution in [3.63, 3.8) is 0 Å². The van der Waals surface area contributed by atoms with E-state index >= 15 is 0 Å². The Kier molecular flexibility index (Phi) is 6.59. The summed E-state index contributed by atoms with van der Waals surface area (Å²) in [5.41, 5.74) is 0. The highest BCUT2D eigenvalue weighted by Gasteiger charge is 2.45. The second-order valence-corrected chi connectivity index (χ2v) is 6.66. The Morgan fingerprint density at radius 1 is 1.22 bits per heavy atom. The van der Waals surface area contributed by atoms with E-state index in [1.807, 2.05) is 25.1 Å². The molecule has 4 N–H and O–H groups in total. The number of hydrogen-bond donors (Lipinski definition) is 4. The fourth-order valence-electron chi connectivity index (χ4n) is 3.13. The minimum Gasteiger partial charge on any atom is -0.464 e. The van der Waals surface area contributed by atoms with Crippen molar-refractivity contribution in [3.8, 4) is 5.75 Å². The van der Waals surface area contributed by atoms with Crippen molar-refractivity contribution in [2.45, 2.75) is 37.8 Å². The molecule has 0 amide bonds. The lowest BCUT2D eigenvalue weighted by atomic mass is 9.90. The van der Waals surface area contributed by atoms with Crippen LogP contribution in [-0.2, 0) is 9.47 Å². The fourth-order valence-corrected chi connectivity index (χ4v) is 3.13. The Balaban J connectivity index is 1.80. The van der Waals surface area contributed by atoms with Crippen LogP contribution >= 0.6 is 0 Å². The van der Waals surface area contributed by atoms with E-state index in [2.05, 4.69) is 10.3 Å². The molecular formula is C19H26N2O6. The minimum atomic E-state index is -1.21. The number of hydrogen-bond acceptors (Lipinski definition) is 8. The van der Waals surface area contributed by atoms with E-state index in [0.717, 1.165) is 10.8 Å². The zero-order valence-electron chi connectivity index (χ0n) is 15.4. The molecule has 6 atom stereocenters. The molecule has 0 aliphatic carbocycles. The molecule has 1 saturated heterocycles. The van der Waals surface area contributed by atoms with Gasteiger partial charge >= 0.3 is 0 Å². The molecule has 2 heterocycles. The summed E-state index contributed by atoms with van der Waals surface area (Å²) in [6, 6.07) is 7.41. The molecule has 0 radical (unpaired) electrons. The van der Waals surface area contributed by atoms with Crippen molar-refractivity contribution in [3.05, 3.63) is 36.7 Å². The first-order chi connectivity index (χ1) is 13.0. The van der Waals surface area contributed by atoms with E-state index in [4.69, 9.17) is 14.2 Å². The van der Waals surface area contributed by atoms with Crippen molar-refractivity contribution < 1.29 is 29.5 Å². The largest absolute Gasteiger partial charge is 0.464 e. The third kappa shape index (κ3) is 4.55. The summed E-state index contributed by atoms with van der Waals surface area (Å²) in [6.45, 7) is 1.71. The van der Waals surface area contributed by atoms with Gasteiger partial charge in [0, 0.05) is 31.4 Å². The second-order valence-electron chi connectivity index (χ2n) is 6.66. The first-order valence-electron chi connectivity index (χ1n) is 8.92. The van der Waals surface area contributed by atoms with Gasteiger partial charge in [0.1, 0.15) is 24.2 Å². The van der Waals surface area contributed by atoms with Gasteiger partial charge in [-0.05, 0) is 36.6 Å². The first kappa shape index (κ1) is 19.9. The number of pyridine rings is 1. The van der Waals surface area contributed by atoms with Crippen LogP contribution in [0.5, 0.6) is 5.75 Å². The second kappa shape index (κ2) is 8.92. The van der Waals surface area contributed by atoms with Crippen molar-refractivity contribution in [2.75, 3.05) is 20.3 Å². The topological polar surface area (TPSA) is 113 Å². The van der Waals surface area contributed by atoms with Gasteiger partial charge in [0.05, 0.1) is 18.6 Å². The summed E-state index contributed by atoms with van der Waals surface area (Å²) in [6.07, 6.45) is -0.883. The maximum atomic E-state index is 10.5. The van der Waals surface area contributed by atoms with Crippen LogP contribution in [0.15, 0.2) is 36.7 Å². The predicted molar refractivity (Wildman–Crippen MR) is 98.1 cm³/mol. The molecule has 8 nitrogen and oxygen atoms in total. The monoisotopic (exact) mass is 378 g/mol. The Hall–Kier alpha value is -1.81. The minimum absolute atomic E-state index is 0.237. The number of rotatable bonds is 7. The molecule has 27 heavy (non-hydrogen) atoms. The SMILES string of the molecule is COC(C)NC[C@H]1[C@H](Oc2ccc3cnccc3c2)O[C@H](CO)[C@H](O)[C@@H]1O. The molecule has 1 aromatic heterocycles. The van der Waals surface area contributed by atoms with Crippen molar-refractivity contribution in [2.24, 2.45) is 5.92 Å². The number of aromatic nitrogens is 1. The highest BCUT2D eigenvalue weighted by atomic mass is 16.7. The molecule has 2 aromatic rings. The molecule has 1 fully saturated rings. The van der Waals surface area contributed by atoms with E-state index in [-0.39, 0.29) is 6.23 Å². The van der Waals surface area contributed by atoms with Gasteiger partial charge in [0.25, 0.3) is 0 Å². The molecule has 148 valence electrons. The summed E-state index contributed by atoms with van der Waals surface area (Å²) in [7, 11) is 1.57. The molecule has 1 unspecified atom stereocenters. The number of fused-ring (bicyclic) bond motifs is 1. The lowest BCUT2D eigenvalue weighted by Gasteiger charge is -2.42. The van der Waals surface area contributed by atoms with Gasteiger partial charge in [-0.15, -0.1) is 0 Å². The van der Waals surface area contributed by atoms with Crippen molar-refractivity contribution in [1.29, 1.82) is 0 Å². The van der Waals surface area contributed by atoms with Gasteiger partial charge in [-0.2, -0.15) is 0 Å². The summed E-state index contributed by atoms with van der Waals surface area (Å²) in [4.78, 5) is 4.08. The smallest absolute Gasteiger partial charge is 0.206 e. The van der Waals surface area contributed by atoms with Crippen LogP contribution in [0.4, 0.5) is 0 Å². The molecule has 3 rings (SSSR count). The summed E-state index contributed by atoms with van der Waals surface area (Å²) in [5, 5.41) is 35.2. The Morgan fingerprint density at radius 3 is 2.78 bits per heavy atom. The Bertz CT molecular complexity index is 745. The zero-order valence-corrected chi connectivity index (χ0v) is 15.4. The highest BCUT2D eigenvalue weighted by Crippen LogP contribution is 2.29. The van der Waals surface area contributed by atoms with Crippen LogP contribution in [0.2, 0.25) is 0 Å². The van der Waals surface area contributed by atoms with E-state index in [1.54, 1.807) is 25.6 Å². The lowest BCUT2D eigenvalue weighted by molar-refractivity contribution is -0.259. The zero-order chi connectivity index (χ0) is 19.4. The van der Waals surface area contributed by atoms with E-state index in [1.165, 1.54) is 0 Å². The summed E-state index contributed by atoms with van der Waals surface area (Å²) >= 11 is 0. The van der Waals surface area contributed by atoms with Crippen LogP contribution < -0.4 is 10.1 Å². The number of methoxy groups -OCH3 is 1. The van der Waals surface area contributed by atoms with Crippen molar-refractivity contribution in [1.82, 2.24) is 10.3 Å². The van der Waals surface area contributed by atoms with Crippen LogP contribution in [0.25, 0.3) is 10.8 Å². The number of nitrogens with one attached hydrogen (secondary N) is 1. The maximum Gasteiger partial charge on any atom is 0.206 e. The fraction of sp³-hybridized carbons (Fsp3) is 0.526.